The van der Waals surface area contributed by atoms with E-state index < -0.39 is 0 Å². The third-order valence-corrected chi connectivity index (χ3v) is 5.61. The fourth-order valence-corrected chi connectivity index (χ4v) is 3.94. The van der Waals surface area contributed by atoms with Crippen molar-refractivity contribution in [2.45, 2.75) is 19.4 Å². The van der Waals surface area contributed by atoms with Gasteiger partial charge in [0.05, 0.1) is 6.54 Å². The summed E-state index contributed by atoms with van der Waals surface area (Å²) >= 11 is 0. The second-order valence-electron chi connectivity index (χ2n) is 7.59. The summed E-state index contributed by atoms with van der Waals surface area (Å²) in [6, 6.07) is 14.6. The quantitative estimate of drug-likeness (QED) is 0.833. The van der Waals surface area contributed by atoms with Gasteiger partial charge in [0.15, 0.2) is 0 Å². The Bertz CT molecular complexity index is 750. The van der Waals surface area contributed by atoms with Gasteiger partial charge in [-0.2, -0.15) is 0 Å². The molecular formula is C22H29N5O. The van der Waals surface area contributed by atoms with Crippen LogP contribution in [-0.4, -0.2) is 61.6 Å². The van der Waals surface area contributed by atoms with Gasteiger partial charge < -0.3 is 15.1 Å². The number of aromatic nitrogens is 1. The maximum atomic E-state index is 12.3. The van der Waals surface area contributed by atoms with Crippen molar-refractivity contribution in [3.05, 3.63) is 54.2 Å². The van der Waals surface area contributed by atoms with Crippen LogP contribution in [0, 0.1) is 0 Å². The van der Waals surface area contributed by atoms with E-state index in [1.165, 1.54) is 18.5 Å². The maximum Gasteiger partial charge on any atom is 0.234 e. The van der Waals surface area contributed by atoms with Crippen LogP contribution in [0.15, 0.2) is 48.7 Å². The fourth-order valence-electron chi connectivity index (χ4n) is 3.94. The zero-order valence-corrected chi connectivity index (χ0v) is 16.4. The fraction of sp³-hybridized carbons (Fsp3) is 0.455. The minimum atomic E-state index is 0.0925. The van der Waals surface area contributed by atoms with E-state index >= 15 is 0 Å². The Morgan fingerprint density at radius 1 is 0.893 bits per heavy atom. The van der Waals surface area contributed by atoms with Crippen molar-refractivity contribution in [3.8, 4) is 0 Å². The van der Waals surface area contributed by atoms with Gasteiger partial charge in [-0.3, -0.25) is 9.69 Å². The number of hydrogen-bond acceptors (Lipinski definition) is 5. The maximum absolute atomic E-state index is 12.3. The average molecular weight is 380 g/mol. The molecule has 2 saturated heterocycles. The molecule has 0 spiro atoms. The topological polar surface area (TPSA) is 51.7 Å². The number of anilines is 2. The molecule has 0 bridgehead atoms. The van der Waals surface area contributed by atoms with Crippen molar-refractivity contribution in [2.24, 2.45) is 0 Å². The zero-order chi connectivity index (χ0) is 19.2. The summed E-state index contributed by atoms with van der Waals surface area (Å²) in [4.78, 5) is 23.6. The molecule has 1 amide bonds. The number of nitrogens with one attached hydrogen (secondary N) is 1. The summed E-state index contributed by atoms with van der Waals surface area (Å²) in [5.74, 6) is 1.11. The Morgan fingerprint density at radius 3 is 2.32 bits per heavy atom. The first kappa shape index (κ1) is 18.7. The number of carbonyl (C=O) groups is 1. The second-order valence-corrected chi connectivity index (χ2v) is 7.59. The molecule has 6 heteroatoms. The number of carbonyl (C=O) groups excluding carboxylic acids is 1. The molecule has 1 N–H and O–H groups in total. The van der Waals surface area contributed by atoms with Gasteiger partial charge in [0.2, 0.25) is 5.91 Å². The molecule has 1 aromatic heterocycles. The first-order chi connectivity index (χ1) is 13.8. The molecule has 2 aliphatic rings. The largest absolute Gasteiger partial charge is 0.372 e. The lowest BCUT2D eigenvalue weighted by atomic mass is 10.2. The monoisotopic (exact) mass is 379 g/mol. The molecule has 2 fully saturated rings. The highest BCUT2D eigenvalue weighted by atomic mass is 16.2. The predicted molar refractivity (Wildman–Crippen MR) is 113 cm³/mol. The van der Waals surface area contributed by atoms with E-state index in [2.05, 4.69) is 49.3 Å². The summed E-state index contributed by atoms with van der Waals surface area (Å²) in [6.45, 7) is 6.94. The highest BCUT2D eigenvalue weighted by Gasteiger charge is 2.19. The second kappa shape index (κ2) is 9.06. The van der Waals surface area contributed by atoms with Crippen LogP contribution in [0.1, 0.15) is 18.4 Å². The summed E-state index contributed by atoms with van der Waals surface area (Å²) in [7, 11) is 0. The minimum Gasteiger partial charge on any atom is -0.372 e. The molecule has 2 aromatic rings. The van der Waals surface area contributed by atoms with Crippen molar-refractivity contribution in [2.75, 3.05) is 55.6 Å². The molecule has 2 aliphatic heterocycles. The van der Waals surface area contributed by atoms with E-state index in [1.54, 1.807) is 0 Å². The van der Waals surface area contributed by atoms with Gasteiger partial charge >= 0.3 is 0 Å². The van der Waals surface area contributed by atoms with Crippen molar-refractivity contribution in [1.29, 1.82) is 0 Å². The molecule has 28 heavy (non-hydrogen) atoms. The van der Waals surface area contributed by atoms with Crippen molar-refractivity contribution < 1.29 is 4.79 Å². The van der Waals surface area contributed by atoms with Crippen molar-refractivity contribution in [1.82, 2.24) is 15.2 Å². The predicted octanol–water partition coefficient (Wildman–Crippen LogP) is 2.12. The third kappa shape index (κ3) is 4.81. The average Bonchev–Trinajstić information content (AvgIpc) is 3.29. The molecule has 148 valence electrons. The standard InChI is InChI=1S/C22H29N5O/c28-22(18-25-13-15-27(16-14-25)21-5-1-2-10-23-21)24-17-19-6-8-20(9-7-19)26-11-3-4-12-26/h1-2,5-10H,3-4,11-18H2,(H,24,28). The summed E-state index contributed by atoms with van der Waals surface area (Å²) < 4.78 is 0. The minimum absolute atomic E-state index is 0.0925. The van der Waals surface area contributed by atoms with Gasteiger partial charge in [0, 0.05) is 57.7 Å². The number of amides is 1. The lowest BCUT2D eigenvalue weighted by Gasteiger charge is -2.34. The molecule has 0 saturated carbocycles. The summed E-state index contributed by atoms with van der Waals surface area (Å²) in [6.07, 6.45) is 4.40. The number of benzene rings is 1. The van der Waals surface area contributed by atoms with Crippen LogP contribution in [0.5, 0.6) is 0 Å². The number of rotatable bonds is 6. The van der Waals surface area contributed by atoms with Crippen LogP contribution in [0.25, 0.3) is 0 Å². The molecule has 0 unspecified atom stereocenters. The molecule has 0 radical (unpaired) electrons. The number of piperazine rings is 1. The Kier molecular flexibility index (Phi) is 6.07. The first-order valence-electron chi connectivity index (χ1n) is 10.3. The van der Waals surface area contributed by atoms with E-state index in [0.717, 1.165) is 50.6 Å². The number of nitrogens with zero attached hydrogens (tertiary/aromatic N) is 4. The Hall–Kier alpha value is -2.60. The molecule has 3 heterocycles. The van der Waals surface area contributed by atoms with E-state index in [9.17, 15) is 4.79 Å². The molecule has 1 aromatic carbocycles. The van der Waals surface area contributed by atoms with Crippen LogP contribution in [-0.2, 0) is 11.3 Å². The lowest BCUT2D eigenvalue weighted by molar-refractivity contribution is -0.122. The Balaban J connectivity index is 1.19. The molecule has 0 aliphatic carbocycles. The van der Waals surface area contributed by atoms with Crippen LogP contribution in [0.4, 0.5) is 11.5 Å². The molecule has 4 rings (SSSR count). The third-order valence-electron chi connectivity index (χ3n) is 5.61. The number of hydrogen-bond donors (Lipinski definition) is 1. The van der Waals surface area contributed by atoms with Crippen LogP contribution in [0.3, 0.4) is 0 Å². The highest BCUT2D eigenvalue weighted by Crippen LogP contribution is 2.20. The zero-order valence-electron chi connectivity index (χ0n) is 16.4. The van der Waals surface area contributed by atoms with Crippen molar-refractivity contribution in [3.63, 3.8) is 0 Å². The summed E-state index contributed by atoms with van der Waals surface area (Å²) in [5.41, 5.74) is 2.44. The van der Waals surface area contributed by atoms with Crippen LogP contribution in [0.2, 0.25) is 0 Å². The van der Waals surface area contributed by atoms with E-state index in [1.807, 2.05) is 24.4 Å². The lowest BCUT2D eigenvalue weighted by Crippen LogP contribution is -2.49. The summed E-state index contributed by atoms with van der Waals surface area (Å²) in [5, 5.41) is 3.06. The van der Waals surface area contributed by atoms with Gasteiger partial charge in [-0.25, -0.2) is 4.98 Å². The smallest absolute Gasteiger partial charge is 0.234 e. The van der Waals surface area contributed by atoms with Crippen LogP contribution >= 0.6 is 0 Å². The van der Waals surface area contributed by atoms with Crippen LogP contribution < -0.4 is 15.1 Å². The molecule has 0 atom stereocenters. The molecular weight excluding hydrogens is 350 g/mol. The Morgan fingerprint density at radius 2 is 1.64 bits per heavy atom. The molecule has 6 nitrogen and oxygen atoms in total. The van der Waals surface area contributed by atoms with E-state index in [0.29, 0.717) is 13.1 Å². The van der Waals surface area contributed by atoms with Gasteiger partial charge in [-0.1, -0.05) is 18.2 Å². The highest BCUT2D eigenvalue weighted by molar-refractivity contribution is 5.78. The van der Waals surface area contributed by atoms with Gasteiger partial charge in [0.25, 0.3) is 0 Å². The van der Waals surface area contributed by atoms with Gasteiger partial charge in [-0.05, 0) is 42.7 Å². The normalized spacial score (nSPS) is 17.7. The number of pyridine rings is 1. The van der Waals surface area contributed by atoms with E-state index in [4.69, 9.17) is 0 Å². The van der Waals surface area contributed by atoms with Gasteiger partial charge in [-0.15, -0.1) is 0 Å². The Labute approximate surface area is 167 Å². The van der Waals surface area contributed by atoms with Crippen molar-refractivity contribution >= 4 is 17.4 Å². The van der Waals surface area contributed by atoms with E-state index in [-0.39, 0.29) is 5.91 Å². The first-order valence-corrected chi connectivity index (χ1v) is 10.3. The SMILES string of the molecule is O=C(CN1CCN(c2ccccn2)CC1)NCc1ccc(N2CCCC2)cc1. The van der Waals surface area contributed by atoms with Gasteiger partial charge in [0.1, 0.15) is 5.82 Å².